The molecule has 0 unspecified atom stereocenters. The van der Waals surface area contributed by atoms with Crippen LogP contribution in [-0.2, 0) is 5.41 Å². The molecule has 0 radical (unpaired) electrons. The largest absolute Gasteiger partial charge is 0.0986 e. The van der Waals surface area contributed by atoms with Crippen LogP contribution in [0, 0.1) is 0 Å². The Morgan fingerprint density at radius 2 is 1.33 bits per heavy atom. The summed E-state index contributed by atoms with van der Waals surface area (Å²) in [4.78, 5) is 0. The molecular weight excluding hydrogens is 288 g/mol. The summed E-state index contributed by atoms with van der Waals surface area (Å²) < 4.78 is 0. The zero-order valence-corrected chi connectivity index (χ0v) is 15.3. The summed E-state index contributed by atoms with van der Waals surface area (Å²) in [6.07, 6.45) is 8.62. The van der Waals surface area contributed by atoms with E-state index in [-0.39, 0.29) is 5.41 Å². The highest BCUT2D eigenvalue weighted by Gasteiger charge is 2.43. The van der Waals surface area contributed by atoms with Crippen molar-refractivity contribution in [1.29, 1.82) is 0 Å². The van der Waals surface area contributed by atoms with E-state index in [1.54, 1.807) is 0 Å². The highest BCUT2D eigenvalue weighted by molar-refractivity contribution is 5.83. The zero-order valence-electron chi connectivity index (χ0n) is 15.3. The van der Waals surface area contributed by atoms with E-state index in [0.717, 1.165) is 6.42 Å². The number of allylic oxidation sites excluding steroid dienone is 1. The first-order chi connectivity index (χ1) is 11.8. The molecule has 0 aromatic heterocycles. The van der Waals surface area contributed by atoms with Crippen molar-refractivity contribution >= 4 is 0 Å². The number of hydrogen-bond donors (Lipinski definition) is 0. The van der Waals surface area contributed by atoms with Gasteiger partial charge < -0.3 is 0 Å². The van der Waals surface area contributed by atoms with Crippen molar-refractivity contribution in [1.82, 2.24) is 0 Å². The van der Waals surface area contributed by atoms with E-state index >= 15 is 0 Å². The average Bonchev–Trinajstić information content (AvgIpc) is 2.92. The molecule has 2 aromatic rings. The van der Waals surface area contributed by atoms with Gasteiger partial charge in [0.1, 0.15) is 0 Å². The van der Waals surface area contributed by atoms with Crippen molar-refractivity contribution in [3.8, 4) is 11.1 Å². The summed E-state index contributed by atoms with van der Waals surface area (Å²) >= 11 is 0. The third-order valence-corrected chi connectivity index (χ3v) is 5.65. The van der Waals surface area contributed by atoms with Crippen LogP contribution in [-0.4, -0.2) is 0 Å². The maximum atomic E-state index is 4.62. The van der Waals surface area contributed by atoms with E-state index < -0.39 is 0 Å². The molecule has 0 aliphatic heterocycles. The van der Waals surface area contributed by atoms with Crippen molar-refractivity contribution in [3.63, 3.8) is 0 Å². The van der Waals surface area contributed by atoms with Crippen LogP contribution in [0.15, 0.2) is 60.7 Å². The van der Waals surface area contributed by atoms with E-state index in [0.29, 0.717) is 0 Å². The van der Waals surface area contributed by atoms with Gasteiger partial charge in [0.2, 0.25) is 0 Å². The molecule has 1 aliphatic carbocycles. The molecule has 1 aliphatic rings. The SMILES string of the molecule is C=C(CCCC)C1(CCCCC)c2ccccc2-c2ccccc21. The van der Waals surface area contributed by atoms with Crippen LogP contribution in [0.3, 0.4) is 0 Å². The van der Waals surface area contributed by atoms with Crippen molar-refractivity contribution < 1.29 is 0 Å². The fourth-order valence-corrected chi connectivity index (χ4v) is 4.40. The van der Waals surface area contributed by atoms with Crippen LogP contribution in [0.1, 0.15) is 69.9 Å². The summed E-state index contributed by atoms with van der Waals surface area (Å²) in [6, 6.07) is 18.0. The lowest BCUT2D eigenvalue weighted by Crippen LogP contribution is -2.27. The van der Waals surface area contributed by atoms with Gasteiger partial charge in [0.05, 0.1) is 0 Å². The molecule has 0 saturated carbocycles. The Morgan fingerprint density at radius 3 is 1.88 bits per heavy atom. The minimum Gasteiger partial charge on any atom is -0.0986 e. The van der Waals surface area contributed by atoms with Gasteiger partial charge in [-0.2, -0.15) is 0 Å². The average molecular weight is 319 g/mol. The fraction of sp³-hybridized carbons (Fsp3) is 0.417. The molecule has 0 heterocycles. The van der Waals surface area contributed by atoms with Crippen LogP contribution >= 0.6 is 0 Å². The molecule has 0 fully saturated rings. The van der Waals surface area contributed by atoms with Gasteiger partial charge in [-0.3, -0.25) is 0 Å². The van der Waals surface area contributed by atoms with Gasteiger partial charge in [0.25, 0.3) is 0 Å². The van der Waals surface area contributed by atoms with Crippen molar-refractivity contribution in [3.05, 3.63) is 71.8 Å². The van der Waals surface area contributed by atoms with Gasteiger partial charge in [-0.15, -0.1) is 0 Å². The third-order valence-electron chi connectivity index (χ3n) is 5.65. The number of unbranched alkanes of at least 4 members (excludes halogenated alkanes) is 3. The number of benzene rings is 2. The zero-order chi connectivity index (χ0) is 17.0. The van der Waals surface area contributed by atoms with E-state index in [4.69, 9.17) is 0 Å². The number of hydrogen-bond acceptors (Lipinski definition) is 0. The number of fused-ring (bicyclic) bond motifs is 3. The summed E-state index contributed by atoms with van der Waals surface area (Å²) in [5.74, 6) is 0. The van der Waals surface area contributed by atoms with Crippen molar-refractivity contribution in [2.24, 2.45) is 0 Å². The second-order valence-electron chi connectivity index (χ2n) is 7.16. The van der Waals surface area contributed by atoms with Crippen LogP contribution < -0.4 is 0 Å². The normalized spacial score (nSPS) is 14.2. The molecule has 126 valence electrons. The van der Waals surface area contributed by atoms with Gasteiger partial charge in [-0.25, -0.2) is 0 Å². The van der Waals surface area contributed by atoms with Gasteiger partial charge in [0, 0.05) is 5.41 Å². The Bertz CT molecular complexity index is 662. The first-order valence-corrected chi connectivity index (χ1v) is 9.63. The first-order valence-electron chi connectivity index (χ1n) is 9.63. The molecule has 0 N–H and O–H groups in total. The smallest absolute Gasteiger partial charge is 0.0420 e. The molecule has 3 rings (SSSR count). The Morgan fingerprint density at radius 1 is 0.792 bits per heavy atom. The molecular formula is C24H30. The predicted octanol–water partition coefficient (Wildman–Crippen LogP) is 7.28. The van der Waals surface area contributed by atoms with Crippen LogP contribution in [0.5, 0.6) is 0 Å². The Hall–Kier alpha value is -1.82. The second-order valence-corrected chi connectivity index (χ2v) is 7.16. The Labute approximate surface area is 147 Å². The molecule has 0 amide bonds. The lowest BCUT2D eigenvalue weighted by molar-refractivity contribution is 0.497. The van der Waals surface area contributed by atoms with Gasteiger partial charge in [-0.05, 0) is 41.5 Å². The molecule has 0 heteroatoms. The molecule has 0 atom stereocenters. The predicted molar refractivity (Wildman–Crippen MR) is 105 cm³/mol. The maximum absolute atomic E-state index is 4.62. The topological polar surface area (TPSA) is 0 Å². The van der Waals surface area contributed by atoms with E-state index in [1.807, 2.05) is 0 Å². The molecule has 0 spiro atoms. The lowest BCUT2D eigenvalue weighted by Gasteiger charge is -2.35. The highest BCUT2D eigenvalue weighted by atomic mass is 14.5. The first kappa shape index (κ1) is 17.0. The highest BCUT2D eigenvalue weighted by Crippen LogP contribution is 2.55. The minimum atomic E-state index is 0.0253. The second kappa shape index (κ2) is 7.38. The Kier molecular flexibility index (Phi) is 5.23. The fourth-order valence-electron chi connectivity index (χ4n) is 4.40. The summed E-state index contributed by atoms with van der Waals surface area (Å²) in [7, 11) is 0. The van der Waals surface area contributed by atoms with Crippen LogP contribution in [0.4, 0.5) is 0 Å². The molecule has 0 saturated heterocycles. The molecule has 0 bridgehead atoms. The maximum Gasteiger partial charge on any atom is 0.0420 e. The van der Waals surface area contributed by atoms with Gasteiger partial charge in [-0.1, -0.05) is 100 Å². The number of rotatable bonds is 8. The van der Waals surface area contributed by atoms with E-state index in [9.17, 15) is 0 Å². The quantitative estimate of drug-likeness (QED) is 0.354. The molecule has 24 heavy (non-hydrogen) atoms. The summed E-state index contributed by atoms with van der Waals surface area (Å²) in [6.45, 7) is 9.18. The third kappa shape index (κ3) is 2.73. The standard InChI is InChI=1S/C24H30/c1-4-6-12-18-24(19(3)13-7-5-2)22-16-10-8-14-20(22)21-15-9-11-17-23(21)24/h8-11,14-17H,3-7,12-13,18H2,1-2H3. The van der Waals surface area contributed by atoms with E-state index in [1.165, 1.54) is 66.4 Å². The van der Waals surface area contributed by atoms with Crippen LogP contribution in [0.25, 0.3) is 11.1 Å². The Balaban J connectivity index is 2.14. The summed E-state index contributed by atoms with van der Waals surface area (Å²) in [5.41, 5.74) is 7.26. The van der Waals surface area contributed by atoms with Gasteiger partial charge >= 0.3 is 0 Å². The minimum absolute atomic E-state index is 0.0253. The summed E-state index contributed by atoms with van der Waals surface area (Å²) in [5, 5.41) is 0. The van der Waals surface area contributed by atoms with E-state index in [2.05, 4.69) is 69.0 Å². The molecule has 2 aromatic carbocycles. The monoisotopic (exact) mass is 318 g/mol. The van der Waals surface area contributed by atoms with Crippen molar-refractivity contribution in [2.75, 3.05) is 0 Å². The lowest BCUT2D eigenvalue weighted by atomic mass is 9.68. The van der Waals surface area contributed by atoms with Crippen LogP contribution in [0.2, 0.25) is 0 Å². The molecule has 0 nitrogen and oxygen atoms in total. The van der Waals surface area contributed by atoms with Gasteiger partial charge in [0.15, 0.2) is 0 Å². The van der Waals surface area contributed by atoms with Crippen molar-refractivity contribution in [2.45, 2.75) is 64.2 Å².